The molecule has 0 saturated heterocycles. The second-order valence-electron chi connectivity index (χ2n) is 6.74. The fraction of sp³-hybridized carbons (Fsp3) is 0.625. The third-order valence-corrected chi connectivity index (χ3v) is 6.27. The van der Waals surface area contributed by atoms with E-state index in [2.05, 4.69) is 33.0 Å². The molecule has 0 aliphatic carbocycles. The van der Waals surface area contributed by atoms with Crippen molar-refractivity contribution in [3.63, 3.8) is 0 Å². The van der Waals surface area contributed by atoms with Gasteiger partial charge in [-0.1, -0.05) is 27.7 Å². The highest BCUT2D eigenvalue weighted by atomic mass is 32.2. The zero-order valence-corrected chi connectivity index (χ0v) is 16.3. The summed E-state index contributed by atoms with van der Waals surface area (Å²) in [6.07, 6.45) is 2.15. The molecule has 1 N–H and O–H groups in total. The van der Waals surface area contributed by atoms with E-state index in [9.17, 15) is 16.8 Å². The van der Waals surface area contributed by atoms with Gasteiger partial charge in [-0.15, -0.1) is 0 Å². The molecule has 132 valence electrons. The molecule has 0 radical (unpaired) electrons. The Kier molecular flexibility index (Phi) is 6.26. The van der Waals surface area contributed by atoms with E-state index in [1.165, 1.54) is 18.2 Å². The van der Waals surface area contributed by atoms with Crippen molar-refractivity contribution in [2.24, 2.45) is 17.8 Å². The minimum absolute atomic E-state index is 0.00717. The lowest BCUT2D eigenvalue weighted by molar-refractivity contribution is 0.304. The first-order valence-corrected chi connectivity index (χ1v) is 11.4. The number of benzene rings is 1. The first-order valence-electron chi connectivity index (χ1n) is 7.62. The molecule has 0 saturated carbocycles. The maximum atomic E-state index is 12.0. The highest BCUT2D eigenvalue weighted by molar-refractivity contribution is 7.91. The smallest absolute Gasteiger partial charge is 0.177 e. The summed E-state index contributed by atoms with van der Waals surface area (Å²) >= 11 is 0. The molecule has 1 aromatic carbocycles. The Balaban J connectivity index is 3.22. The van der Waals surface area contributed by atoms with Crippen molar-refractivity contribution in [2.75, 3.05) is 24.4 Å². The van der Waals surface area contributed by atoms with Gasteiger partial charge in [-0.2, -0.15) is 0 Å². The van der Waals surface area contributed by atoms with E-state index in [4.69, 9.17) is 0 Å². The lowest BCUT2D eigenvalue weighted by atomic mass is 9.85. The van der Waals surface area contributed by atoms with Crippen LogP contribution in [0.25, 0.3) is 0 Å². The summed E-state index contributed by atoms with van der Waals surface area (Å²) in [5.74, 6) is 1.30. The molecule has 1 rings (SSSR count). The van der Waals surface area contributed by atoms with Gasteiger partial charge >= 0.3 is 0 Å². The van der Waals surface area contributed by atoms with Gasteiger partial charge in [0.2, 0.25) is 0 Å². The van der Waals surface area contributed by atoms with Crippen LogP contribution >= 0.6 is 0 Å². The zero-order valence-electron chi connectivity index (χ0n) is 14.6. The van der Waals surface area contributed by atoms with Crippen molar-refractivity contribution in [3.8, 4) is 0 Å². The van der Waals surface area contributed by atoms with Crippen molar-refractivity contribution in [3.05, 3.63) is 18.2 Å². The van der Waals surface area contributed by atoms with E-state index in [1.54, 1.807) is 0 Å². The third kappa shape index (κ3) is 5.49. The lowest BCUT2D eigenvalue weighted by Gasteiger charge is -2.26. The van der Waals surface area contributed by atoms with Gasteiger partial charge in [0.1, 0.15) is 0 Å². The van der Waals surface area contributed by atoms with E-state index in [-0.39, 0.29) is 9.79 Å². The Morgan fingerprint density at radius 3 is 1.83 bits per heavy atom. The lowest BCUT2D eigenvalue weighted by Crippen LogP contribution is -2.25. The predicted molar refractivity (Wildman–Crippen MR) is 94.3 cm³/mol. The van der Waals surface area contributed by atoms with E-state index in [1.807, 2.05) is 0 Å². The van der Waals surface area contributed by atoms with Gasteiger partial charge in [-0.3, -0.25) is 0 Å². The van der Waals surface area contributed by atoms with E-state index < -0.39 is 19.7 Å². The molecule has 7 heteroatoms. The van der Waals surface area contributed by atoms with Crippen LogP contribution < -0.4 is 5.32 Å². The molecule has 1 aromatic rings. The van der Waals surface area contributed by atoms with Crippen LogP contribution in [0.5, 0.6) is 0 Å². The van der Waals surface area contributed by atoms with Crippen molar-refractivity contribution in [1.82, 2.24) is 0 Å². The SMILES string of the molecule is CC(C)C(CNc1ccc(S(C)(=O)=O)cc1S(C)(=O)=O)C(C)C. The summed E-state index contributed by atoms with van der Waals surface area (Å²) in [4.78, 5) is 0.0273. The average Bonchev–Trinajstić information content (AvgIpc) is 2.35. The van der Waals surface area contributed by atoms with Gasteiger partial charge in [0.15, 0.2) is 19.7 Å². The van der Waals surface area contributed by atoms with Crippen LogP contribution in [0.4, 0.5) is 5.69 Å². The van der Waals surface area contributed by atoms with E-state index >= 15 is 0 Å². The Labute approximate surface area is 140 Å². The Bertz CT molecular complexity index is 742. The van der Waals surface area contributed by atoms with Crippen molar-refractivity contribution >= 4 is 25.4 Å². The highest BCUT2D eigenvalue weighted by Gasteiger charge is 2.21. The number of hydrogen-bond donors (Lipinski definition) is 1. The van der Waals surface area contributed by atoms with Crippen LogP contribution in [0.2, 0.25) is 0 Å². The molecule has 0 spiro atoms. The largest absolute Gasteiger partial charge is 0.384 e. The highest BCUT2D eigenvalue weighted by Crippen LogP contribution is 2.27. The van der Waals surface area contributed by atoms with Crippen LogP contribution in [-0.2, 0) is 19.7 Å². The zero-order chi connectivity index (χ0) is 18.0. The topological polar surface area (TPSA) is 80.3 Å². The predicted octanol–water partition coefficient (Wildman–Crippen LogP) is 2.83. The molecule has 5 nitrogen and oxygen atoms in total. The molecule has 0 unspecified atom stereocenters. The van der Waals surface area contributed by atoms with Crippen molar-refractivity contribution < 1.29 is 16.8 Å². The van der Waals surface area contributed by atoms with Crippen LogP contribution in [0, 0.1) is 17.8 Å². The number of nitrogens with one attached hydrogen (secondary N) is 1. The summed E-state index contributed by atoms with van der Waals surface area (Å²) < 4.78 is 47.3. The Morgan fingerprint density at radius 2 is 1.43 bits per heavy atom. The van der Waals surface area contributed by atoms with Gasteiger partial charge in [-0.25, -0.2) is 16.8 Å². The quantitative estimate of drug-likeness (QED) is 0.808. The van der Waals surface area contributed by atoms with Crippen molar-refractivity contribution in [2.45, 2.75) is 37.5 Å². The van der Waals surface area contributed by atoms with E-state index in [0.717, 1.165) is 12.5 Å². The second-order valence-corrected chi connectivity index (χ2v) is 10.7. The molecule has 23 heavy (non-hydrogen) atoms. The number of rotatable bonds is 7. The molecule has 0 amide bonds. The number of sulfone groups is 2. The standard InChI is InChI=1S/C16H27NO4S2/c1-11(2)14(12(3)4)10-17-15-8-7-13(22(5,18)19)9-16(15)23(6,20)21/h7-9,11-12,14,17H,10H2,1-6H3. The van der Waals surface area contributed by atoms with Gasteiger partial charge in [-0.05, 0) is 36.0 Å². The number of hydrogen-bond acceptors (Lipinski definition) is 5. The molecule has 0 atom stereocenters. The minimum Gasteiger partial charge on any atom is -0.384 e. The fourth-order valence-corrected chi connectivity index (χ4v) is 4.26. The summed E-state index contributed by atoms with van der Waals surface area (Å²) in [7, 11) is -6.98. The minimum atomic E-state index is -3.53. The summed E-state index contributed by atoms with van der Waals surface area (Å²) in [6.45, 7) is 9.18. The Morgan fingerprint density at radius 1 is 0.913 bits per heavy atom. The molecule has 0 bridgehead atoms. The fourth-order valence-electron chi connectivity index (χ4n) is 2.66. The molecule has 0 aromatic heterocycles. The van der Waals surface area contributed by atoms with Crippen LogP contribution in [0.1, 0.15) is 27.7 Å². The molecule has 0 aliphatic rings. The van der Waals surface area contributed by atoms with Crippen LogP contribution in [0.15, 0.2) is 28.0 Å². The van der Waals surface area contributed by atoms with Gasteiger partial charge in [0.25, 0.3) is 0 Å². The van der Waals surface area contributed by atoms with Crippen molar-refractivity contribution in [1.29, 1.82) is 0 Å². The number of anilines is 1. The molecular formula is C16H27NO4S2. The third-order valence-electron chi connectivity index (χ3n) is 4.02. The van der Waals surface area contributed by atoms with Gasteiger partial charge < -0.3 is 5.32 Å². The molecule has 0 aliphatic heterocycles. The first kappa shape index (κ1) is 20.0. The Hall–Kier alpha value is -1.08. The average molecular weight is 362 g/mol. The van der Waals surface area contributed by atoms with Gasteiger partial charge in [0, 0.05) is 19.1 Å². The molecular weight excluding hydrogens is 334 g/mol. The maximum absolute atomic E-state index is 12.0. The molecule has 0 fully saturated rings. The normalized spacial score (nSPS) is 13.1. The molecule has 0 heterocycles. The second kappa shape index (κ2) is 7.21. The first-order chi connectivity index (χ1) is 10.3. The van der Waals surface area contributed by atoms with Gasteiger partial charge in [0.05, 0.1) is 15.5 Å². The maximum Gasteiger partial charge on any atom is 0.177 e. The monoisotopic (exact) mass is 361 g/mol. The summed E-state index contributed by atoms with van der Waals surface area (Å²) in [6, 6.07) is 4.20. The van der Waals surface area contributed by atoms with E-state index in [0.29, 0.717) is 30.0 Å². The summed E-state index contributed by atoms with van der Waals surface area (Å²) in [5.41, 5.74) is 0.450. The van der Waals surface area contributed by atoms with Crippen LogP contribution in [0.3, 0.4) is 0 Å². The van der Waals surface area contributed by atoms with Crippen LogP contribution in [-0.4, -0.2) is 35.9 Å². The summed E-state index contributed by atoms with van der Waals surface area (Å²) in [5, 5.41) is 3.19.